The van der Waals surface area contributed by atoms with E-state index in [0.717, 1.165) is 36.7 Å². The van der Waals surface area contributed by atoms with Crippen molar-refractivity contribution in [3.05, 3.63) is 59.7 Å². The number of hydrogen-bond donors (Lipinski definition) is 0. The van der Waals surface area contributed by atoms with Crippen molar-refractivity contribution in [2.75, 3.05) is 33.2 Å². The van der Waals surface area contributed by atoms with Crippen LogP contribution in [-0.2, 0) is 6.54 Å². The first-order chi connectivity index (χ1) is 11.8. The summed E-state index contributed by atoms with van der Waals surface area (Å²) in [5.74, 6) is 3.11. The lowest BCUT2D eigenvalue weighted by atomic mass is 9.89. The van der Waals surface area contributed by atoms with Gasteiger partial charge in [-0.05, 0) is 23.6 Å². The number of nitrogens with zero attached hydrogens (tertiary/aromatic N) is 1. The summed E-state index contributed by atoms with van der Waals surface area (Å²) in [5, 5.41) is 0. The van der Waals surface area contributed by atoms with Gasteiger partial charge in [0.2, 0.25) is 0 Å². The minimum Gasteiger partial charge on any atom is -0.496 e. The Hall–Kier alpha value is -1.71. The highest BCUT2D eigenvalue weighted by Gasteiger charge is 2.36. The number of methoxy groups -OCH3 is 2. The summed E-state index contributed by atoms with van der Waals surface area (Å²) in [6.07, 6.45) is 0. The van der Waals surface area contributed by atoms with Crippen LogP contribution in [0.5, 0.6) is 11.5 Å². The van der Waals surface area contributed by atoms with E-state index >= 15 is 0 Å². The van der Waals surface area contributed by atoms with Crippen LogP contribution >= 0.6 is 11.6 Å². The molecule has 1 aliphatic heterocycles. The Labute approximate surface area is 149 Å². The molecule has 0 unspecified atom stereocenters. The van der Waals surface area contributed by atoms with Gasteiger partial charge in [0.1, 0.15) is 11.5 Å². The summed E-state index contributed by atoms with van der Waals surface area (Å²) in [6, 6.07) is 16.5. The number of hydrogen-bond acceptors (Lipinski definition) is 3. The molecule has 0 aliphatic carbocycles. The van der Waals surface area contributed by atoms with E-state index in [9.17, 15) is 0 Å². The predicted molar refractivity (Wildman–Crippen MR) is 98.2 cm³/mol. The highest BCUT2D eigenvalue weighted by molar-refractivity contribution is 6.18. The van der Waals surface area contributed by atoms with Gasteiger partial charge in [0.15, 0.2) is 0 Å². The third-order valence-electron chi connectivity index (χ3n) is 4.80. The average molecular weight is 346 g/mol. The van der Waals surface area contributed by atoms with E-state index in [1.807, 2.05) is 18.2 Å². The minimum absolute atomic E-state index is 0.317. The van der Waals surface area contributed by atoms with Crippen molar-refractivity contribution < 1.29 is 9.47 Å². The van der Waals surface area contributed by atoms with E-state index < -0.39 is 0 Å². The van der Waals surface area contributed by atoms with E-state index in [1.54, 1.807) is 14.2 Å². The second-order valence-corrected chi connectivity index (χ2v) is 6.59. The maximum absolute atomic E-state index is 6.30. The normalized spacial score (nSPS) is 21.0. The van der Waals surface area contributed by atoms with Gasteiger partial charge in [-0.25, -0.2) is 0 Å². The molecule has 2 aromatic carbocycles. The molecule has 0 amide bonds. The van der Waals surface area contributed by atoms with Gasteiger partial charge in [0.25, 0.3) is 0 Å². The molecule has 0 aromatic heterocycles. The van der Waals surface area contributed by atoms with E-state index in [2.05, 4.69) is 35.2 Å². The molecule has 0 N–H and O–H groups in total. The summed E-state index contributed by atoms with van der Waals surface area (Å²) in [5.41, 5.74) is 2.47. The van der Waals surface area contributed by atoms with Crippen molar-refractivity contribution in [3.63, 3.8) is 0 Å². The lowest BCUT2D eigenvalue weighted by Gasteiger charge is -2.22. The maximum Gasteiger partial charge on any atom is 0.126 e. The number of rotatable bonds is 6. The van der Waals surface area contributed by atoms with Crippen LogP contribution in [-0.4, -0.2) is 38.1 Å². The number of alkyl halides is 1. The second-order valence-electron chi connectivity index (χ2n) is 6.28. The predicted octanol–water partition coefficient (Wildman–Crippen LogP) is 4.16. The molecule has 2 atom stereocenters. The Bertz CT molecular complexity index is 640. The molecule has 128 valence electrons. The quantitative estimate of drug-likeness (QED) is 0.734. The van der Waals surface area contributed by atoms with E-state index in [4.69, 9.17) is 21.1 Å². The molecule has 3 rings (SSSR count). The van der Waals surface area contributed by atoms with Gasteiger partial charge in [-0.1, -0.05) is 36.4 Å². The summed E-state index contributed by atoms with van der Waals surface area (Å²) in [6.45, 7) is 2.90. The molecule has 0 bridgehead atoms. The molecule has 0 radical (unpaired) electrons. The van der Waals surface area contributed by atoms with Crippen molar-refractivity contribution >= 4 is 11.6 Å². The van der Waals surface area contributed by atoms with Gasteiger partial charge >= 0.3 is 0 Å². The summed E-state index contributed by atoms with van der Waals surface area (Å²) in [4.78, 5) is 2.47. The Balaban J connectivity index is 1.85. The van der Waals surface area contributed by atoms with Crippen LogP contribution in [0.25, 0.3) is 0 Å². The first-order valence-corrected chi connectivity index (χ1v) is 8.83. The van der Waals surface area contributed by atoms with Crippen molar-refractivity contribution in [3.8, 4) is 11.5 Å². The molecular weight excluding hydrogens is 322 g/mol. The topological polar surface area (TPSA) is 21.7 Å². The Morgan fingerprint density at radius 3 is 2.21 bits per heavy atom. The zero-order valence-corrected chi connectivity index (χ0v) is 15.0. The molecule has 2 aromatic rings. The van der Waals surface area contributed by atoms with Gasteiger partial charge in [0.05, 0.1) is 14.2 Å². The smallest absolute Gasteiger partial charge is 0.126 e. The third kappa shape index (κ3) is 3.52. The minimum atomic E-state index is 0.317. The van der Waals surface area contributed by atoms with E-state index in [0.29, 0.717) is 17.7 Å². The molecule has 4 heteroatoms. The fourth-order valence-electron chi connectivity index (χ4n) is 3.66. The van der Waals surface area contributed by atoms with Crippen LogP contribution in [0, 0.1) is 5.92 Å². The number of benzene rings is 2. The first-order valence-electron chi connectivity index (χ1n) is 8.30. The van der Waals surface area contributed by atoms with Crippen molar-refractivity contribution in [1.82, 2.24) is 4.90 Å². The van der Waals surface area contributed by atoms with Crippen LogP contribution in [0.1, 0.15) is 17.0 Å². The average Bonchev–Trinajstić information content (AvgIpc) is 3.04. The van der Waals surface area contributed by atoms with Gasteiger partial charge in [-0.3, -0.25) is 4.90 Å². The van der Waals surface area contributed by atoms with Gasteiger partial charge in [-0.2, -0.15) is 0 Å². The highest BCUT2D eigenvalue weighted by atomic mass is 35.5. The monoisotopic (exact) mass is 345 g/mol. The number of likely N-dealkylation sites (tertiary alicyclic amines) is 1. The lowest BCUT2D eigenvalue weighted by Crippen LogP contribution is -2.20. The zero-order valence-electron chi connectivity index (χ0n) is 14.2. The first kappa shape index (κ1) is 17.1. The fraction of sp³-hybridized carbons (Fsp3) is 0.400. The molecule has 24 heavy (non-hydrogen) atoms. The fourth-order valence-corrected chi connectivity index (χ4v) is 3.97. The highest BCUT2D eigenvalue weighted by Crippen LogP contribution is 2.43. The standard InChI is InChI=1S/C20H24ClNO2/c1-23-18-9-6-10-19(24-2)20(18)17-14-22(13-16(17)11-21)12-15-7-4-3-5-8-15/h3-10,16-17H,11-14H2,1-2H3/t16-,17+/m0/s1. The van der Waals surface area contributed by atoms with Crippen LogP contribution in [0.15, 0.2) is 48.5 Å². The molecule has 0 spiro atoms. The van der Waals surface area contributed by atoms with Crippen molar-refractivity contribution in [1.29, 1.82) is 0 Å². The molecule has 0 saturated carbocycles. The Kier molecular flexibility index (Phi) is 5.64. The third-order valence-corrected chi connectivity index (χ3v) is 5.20. The molecule has 3 nitrogen and oxygen atoms in total. The van der Waals surface area contributed by atoms with Crippen LogP contribution in [0.2, 0.25) is 0 Å². The summed E-state index contributed by atoms with van der Waals surface area (Å²) >= 11 is 6.30. The van der Waals surface area contributed by atoms with Crippen LogP contribution < -0.4 is 9.47 Å². The van der Waals surface area contributed by atoms with Crippen LogP contribution in [0.4, 0.5) is 0 Å². The van der Waals surface area contributed by atoms with Crippen molar-refractivity contribution in [2.24, 2.45) is 5.92 Å². The lowest BCUT2D eigenvalue weighted by molar-refractivity contribution is 0.318. The molecule has 1 heterocycles. The van der Waals surface area contributed by atoms with Gasteiger partial charge < -0.3 is 9.47 Å². The van der Waals surface area contributed by atoms with E-state index in [-0.39, 0.29) is 0 Å². The number of ether oxygens (including phenoxy) is 2. The largest absolute Gasteiger partial charge is 0.496 e. The van der Waals surface area contributed by atoms with Crippen molar-refractivity contribution in [2.45, 2.75) is 12.5 Å². The maximum atomic E-state index is 6.30. The van der Waals surface area contributed by atoms with Crippen LogP contribution in [0.3, 0.4) is 0 Å². The Morgan fingerprint density at radius 2 is 1.62 bits per heavy atom. The van der Waals surface area contributed by atoms with Gasteiger partial charge in [0, 0.05) is 37.0 Å². The second kappa shape index (κ2) is 7.91. The number of halogens is 1. The summed E-state index contributed by atoms with van der Waals surface area (Å²) in [7, 11) is 3.43. The van der Waals surface area contributed by atoms with Gasteiger partial charge in [-0.15, -0.1) is 11.6 Å². The summed E-state index contributed by atoms with van der Waals surface area (Å²) < 4.78 is 11.2. The Morgan fingerprint density at radius 1 is 0.958 bits per heavy atom. The molecule has 1 fully saturated rings. The molecular formula is C20H24ClNO2. The molecule has 1 aliphatic rings. The van der Waals surface area contributed by atoms with E-state index in [1.165, 1.54) is 5.56 Å². The zero-order chi connectivity index (χ0) is 16.9. The molecule has 1 saturated heterocycles. The SMILES string of the molecule is COc1cccc(OC)c1[C@@H]1CN(Cc2ccccc2)C[C@@H]1CCl.